The number of nitrogens with zero attached hydrogens (tertiary/aromatic N) is 2. The van der Waals surface area contributed by atoms with Crippen LogP contribution in [0.2, 0.25) is 10.0 Å². The van der Waals surface area contributed by atoms with Crippen molar-refractivity contribution >= 4 is 33.2 Å². The van der Waals surface area contributed by atoms with Crippen molar-refractivity contribution in [2.75, 3.05) is 0 Å². The minimum Gasteiger partial charge on any atom is -0.232 e. The molecule has 4 aromatic rings. The molecule has 29 heavy (non-hydrogen) atoms. The molecule has 1 aromatic heterocycles. The van der Waals surface area contributed by atoms with E-state index in [0.717, 1.165) is 16.8 Å². The maximum Gasteiger partial charge on any atom is 0.238 e. The van der Waals surface area contributed by atoms with Gasteiger partial charge in [0.15, 0.2) is 0 Å². The first-order valence-corrected chi connectivity index (χ1v) is 10.9. The Labute approximate surface area is 178 Å². The van der Waals surface area contributed by atoms with Crippen molar-refractivity contribution in [3.63, 3.8) is 0 Å². The molecular formula is C21H15Cl2N3O2S. The second-order valence-corrected chi connectivity index (χ2v) is 8.76. The van der Waals surface area contributed by atoms with Crippen molar-refractivity contribution in [2.24, 2.45) is 5.14 Å². The number of hydrogen-bond donors (Lipinski definition) is 1. The topological polar surface area (TPSA) is 78.0 Å². The molecule has 0 fully saturated rings. The van der Waals surface area contributed by atoms with Crippen molar-refractivity contribution < 1.29 is 8.42 Å². The van der Waals surface area contributed by atoms with Crippen molar-refractivity contribution in [3.05, 3.63) is 88.9 Å². The van der Waals surface area contributed by atoms with Gasteiger partial charge in [-0.2, -0.15) is 5.10 Å². The maximum atomic E-state index is 11.6. The summed E-state index contributed by atoms with van der Waals surface area (Å²) in [7, 11) is -3.77. The predicted molar refractivity (Wildman–Crippen MR) is 116 cm³/mol. The number of primary sulfonamides is 1. The number of hydrogen-bond acceptors (Lipinski definition) is 3. The molecule has 0 spiro atoms. The van der Waals surface area contributed by atoms with Crippen LogP contribution in [0.4, 0.5) is 0 Å². The molecule has 2 N–H and O–H groups in total. The van der Waals surface area contributed by atoms with Crippen LogP contribution in [-0.2, 0) is 10.0 Å². The lowest BCUT2D eigenvalue weighted by Gasteiger charge is -2.08. The molecular weight excluding hydrogens is 429 g/mol. The zero-order chi connectivity index (χ0) is 20.6. The normalized spacial score (nSPS) is 11.6. The Morgan fingerprint density at radius 3 is 2.14 bits per heavy atom. The van der Waals surface area contributed by atoms with E-state index in [9.17, 15) is 8.42 Å². The molecule has 146 valence electrons. The summed E-state index contributed by atoms with van der Waals surface area (Å²) >= 11 is 12.4. The Hall–Kier alpha value is -2.64. The van der Waals surface area contributed by atoms with Gasteiger partial charge in [0.25, 0.3) is 0 Å². The first kappa shape index (κ1) is 19.7. The lowest BCUT2D eigenvalue weighted by atomic mass is 10.1. The highest BCUT2D eigenvalue weighted by molar-refractivity contribution is 7.89. The summed E-state index contributed by atoms with van der Waals surface area (Å²) in [6.45, 7) is 0. The molecule has 0 aliphatic heterocycles. The van der Waals surface area contributed by atoms with Crippen LogP contribution in [0.1, 0.15) is 0 Å². The van der Waals surface area contributed by atoms with Gasteiger partial charge in [-0.05, 0) is 48.5 Å². The van der Waals surface area contributed by atoms with Gasteiger partial charge in [0.2, 0.25) is 10.0 Å². The van der Waals surface area contributed by atoms with Gasteiger partial charge in [-0.15, -0.1) is 0 Å². The van der Waals surface area contributed by atoms with E-state index in [2.05, 4.69) is 0 Å². The molecule has 0 amide bonds. The zero-order valence-electron chi connectivity index (χ0n) is 15.0. The molecule has 0 saturated heterocycles. The van der Waals surface area contributed by atoms with Crippen LogP contribution in [0, 0.1) is 0 Å². The average molecular weight is 444 g/mol. The third-order valence-electron chi connectivity index (χ3n) is 4.41. The molecule has 0 saturated carbocycles. The quantitative estimate of drug-likeness (QED) is 0.472. The third kappa shape index (κ3) is 4.06. The predicted octanol–water partition coefficient (Wildman–Crippen LogP) is 5.16. The number of sulfonamides is 1. The second kappa shape index (κ2) is 7.65. The fourth-order valence-electron chi connectivity index (χ4n) is 2.98. The molecule has 0 atom stereocenters. The Bertz CT molecular complexity index is 1280. The zero-order valence-corrected chi connectivity index (χ0v) is 17.3. The highest BCUT2D eigenvalue weighted by Crippen LogP contribution is 2.32. The maximum absolute atomic E-state index is 11.6. The number of halogens is 2. The Morgan fingerprint density at radius 1 is 0.862 bits per heavy atom. The Morgan fingerprint density at radius 2 is 1.52 bits per heavy atom. The van der Waals surface area contributed by atoms with Crippen LogP contribution < -0.4 is 5.14 Å². The van der Waals surface area contributed by atoms with Gasteiger partial charge in [0, 0.05) is 16.1 Å². The molecule has 0 aliphatic carbocycles. The van der Waals surface area contributed by atoms with Crippen LogP contribution in [0.3, 0.4) is 0 Å². The van der Waals surface area contributed by atoms with Gasteiger partial charge in [-0.25, -0.2) is 18.2 Å². The van der Waals surface area contributed by atoms with E-state index in [1.807, 2.05) is 36.4 Å². The first-order chi connectivity index (χ1) is 13.8. The minimum absolute atomic E-state index is 0.0350. The minimum atomic E-state index is -3.77. The number of aromatic nitrogens is 2. The molecule has 3 aromatic carbocycles. The standard InChI is InChI=1S/C21H15Cl2N3O2S/c22-15-7-5-14(6-8-15)21-13-20(18-3-1-2-4-19(18)23)25-26(21)16-9-11-17(12-10-16)29(24,27)28/h1-13H,(H2,24,27,28). The first-order valence-electron chi connectivity index (χ1n) is 8.57. The molecule has 0 bridgehead atoms. The van der Waals surface area contributed by atoms with Crippen molar-refractivity contribution in [3.8, 4) is 28.2 Å². The van der Waals surface area contributed by atoms with Gasteiger partial charge in [0.1, 0.15) is 0 Å². The summed E-state index contributed by atoms with van der Waals surface area (Å²) in [4.78, 5) is 0.0350. The number of rotatable bonds is 4. The highest BCUT2D eigenvalue weighted by atomic mass is 35.5. The average Bonchev–Trinajstić information content (AvgIpc) is 3.13. The third-order valence-corrected chi connectivity index (χ3v) is 5.92. The van der Waals surface area contributed by atoms with Gasteiger partial charge in [-0.1, -0.05) is 53.5 Å². The summed E-state index contributed by atoms with van der Waals surface area (Å²) in [5.41, 5.74) is 3.87. The number of nitrogens with two attached hydrogens (primary N) is 1. The van der Waals surface area contributed by atoms with Gasteiger partial charge in [0.05, 0.1) is 27.0 Å². The van der Waals surface area contributed by atoms with E-state index in [1.165, 1.54) is 12.1 Å². The van der Waals surface area contributed by atoms with Crippen molar-refractivity contribution in [1.82, 2.24) is 9.78 Å². The lowest BCUT2D eigenvalue weighted by molar-refractivity contribution is 0.598. The Kier molecular flexibility index (Phi) is 5.19. The highest BCUT2D eigenvalue weighted by Gasteiger charge is 2.16. The lowest BCUT2D eigenvalue weighted by Crippen LogP contribution is -2.12. The molecule has 0 unspecified atom stereocenters. The number of benzene rings is 3. The van der Waals surface area contributed by atoms with Gasteiger partial charge < -0.3 is 0 Å². The van der Waals surface area contributed by atoms with Crippen LogP contribution in [0.15, 0.2) is 83.8 Å². The SMILES string of the molecule is NS(=O)(=O)c1ccc(-n2nc(-c3ccccc3Cl)cc2-c2ccc(Cl)cc2)cc1. The molecule has 1 heterocycles. The summed E-state index contributed by atoms with van der Waals surface area (Å²) in [5.74, 6) is 0. The van der Waals surface area contributed by atoms with E-state index in [4.69, 9.17) is 33.4 Å². The van der Waals surface area contributed by atoms with E-state index in [0.29, 0.717) is 21.4 Å². The van der Waals surface area contributed by atoms with E-state index in [1.54, 1.807) is 35.0 Å². The van der Waals surface area contributed by atoms with Crippen molar-refractivity contribution in [2.45, 2.75) is 4.90 Å². The van der Waals surface area contributed by atoms with E-state index >= 15 is 0 Å². The summed E-state index contributed by atoms with van der Waals surface area (Å²) in [6, 6.07) is 23.0. The molecule has 0 radical (unpaired) electrons. The molecule has 4 rings (SSSR count). The van der Waals surface area contributed by atoms with Crippen LogP contribution >= 0.6 is 23.2 Å². The second-order valence-electron chi connectivity index (χ2n) is 6.35. The molecule has 8 heteroatoms. The summed E-state index contributed by atoms with van der Waals surface area (Å²) in [5, 5.41) is 11.1. The van der Waals surface area contributed by atoms with E-state index < -0.39 is 10.0 Å². The monoisotopic (exact) mass is 443 g/mol. The fourth-order valence-corrected chi connectivity index (χ4v) is 3.86. The Balaban J connectivity index is 1.89. The van der Waals surface area contributed by atoms with Crippen LogP contribution in [-0.4, -0.2) is 18.2 Å². The molecule has 5 nitrogen and oxygen atoms in total. The van der Waals surface area contributed by atoms with Crippen molar-refractivity contribution in [1.29, 1.82) is 0 Å². The van der Waals surface area contributed by atoms with Gasteiger partial charge >= 0.3 is 0 Å². The fraction of sp³-hybridized carbons (Fsp3) is 0. The molecule has 0 aliphatic rings. The largest absolute Gasteiger partial charge is 0.238 e. The van der Waals surface area contributed by atoms with E-state index in [-0.39, 0.29) is 4.90 Å². The smallest absolute Gasteiger partial charge is 0.232 e. The summed E-state index contributed by atoms with van der Waals surface area (Å²) in [6.07, 6.45) is 0. The van der Waals surface area contributed by atoms with Crippen LogP contribution in [0.25, 0.3) is 28.2 Å². The summed E-state index contributed by atoms with van der Waals surface area (Å²) < 4.78 is 24.8. The van der Waals surface area contributed by atoms with Gasteiger partial charge in [-0.3, -0.25) is 0 Å². The van der Waals surface area contributed by atoms with Crippen LogP contribution in [0.5, 0.6) is 0 Å².